The summed E-state index contributed by atoms with van der Waals surface area (Å²) < 4.78 is 38.2. The largest absolute Gasteiger partial charge is 0.490 e. The van der Waals surface area contributed by atoms with Crippen LogP contribution in [0.1, 0.15) is 29.8 Å². The van der Waals surface area contributed by atoms with Crippen molar-refractivity contribution in [2.24, 2.45) is 0 Å². The Labute approximate surface area is 166 Å². The number of amides is 1. The lowest BCUT2D eigenvalue weighted by Crippen LogP contribution is -2.12. The van der Waals surface area contributed by atoms with Gasteiger partial charge in [0.2, 0.25) is 0 Å². The predicted octanol–water partition coefficient (Wildman–Crippen LogP) is 3.40. The molecule has 8 nitrogen and oxygen atoms in total. The van der Waals surface area contributed by atoms with Crippen LogP contribution in [0.5, 0.6) is 11.5 Å². The van der Waals surface area contributed by atoms with E-state index in [2.05, 4.69) is 20.3 Å². The summed E-state index contributed by atoms with van der Waals surface area (Å²) in [5.74, 6) is -0.476. The van der Waals surface area contributed by atoms with Gasteiger partial charge in [-0.1, -0.05) is 0 Å². The molecule has 2 aromatic heterocycles. The van der Waals surface area contributed by atoms with E-state index in [1.54, 1.807) is 24.0 Å². The lowest BCUT2D eigenvalue weighted by molar-refractivity contribution is -0.0514. The molecule has 0 saturated heterocycles. The third kappa shape index (κ3) is 5.31. The zero-order valence-electron chi connectivity index (χ0n) is 16.0. The number of alkyl halides is 2. The SMILES string of the molecule is CCOc1cc(C(=O)Nc2cnn(Cc3cnn(CC)c3)c2)ccc1OC(F)F. The van der Waals surface area contributed by atoms with Crippen molar-refractivity contribution < 1.29 is 23.0 Å². The fourth-order valence-electron chi connectivity index (χ4n) is 2.68. The molecular formula is C19H21F2N5O3. The Kier molecular flexibility index (Phi) is 6.43. The van der Waals surface area contributed by atoms with Crippen molar-refractivity contribution in [3.05, 3.63) is 54.1 Å². The number of aryl methyl sites for hydroxylation is 1. The summed E-state index contributed by atoms with van der Waals surface area (Å²) >= 11 is 0. The third-order valence-electron chi connectivity index (χ3n) is 3.97. The summed E-state index contributed by atoms with van der Waals surface area (Å²) in [4.78, 5) is 12.5. The first-order valence-electron chi connectivity index (χ1n) is 9.05. The lowest BCUT2D eigenvalue weighted by atomic mass is 10.2. The second kappa shape index (κ2) is 9.18. The minimum absolute atomic E-state index is 0.0732. The maximum atomic E-state index is 12.5. The van der Waals surface area contributed by atoms with Gasteiger partial charge in [-0.05, 0) is 32.0 Å². The first-order valence-corrected chi connectivity index (χ1v) is 9.05. The van der Waals surface area contributed by atoms with Gasteiger partial charge in [0.05, 0.1) is 31.2 Å². The molecule has 29 heavy (non-hydrogen) atoms. The number of carbonyl (C=O) groups excluding carboxylic acids is 1. The van der Waals surface area contributed by atoms with E-state index in [0.29, 0.717) is 12.2 Å². The second-order valence-electron chi connectivity index (χ2n) is 6.06. The number of aromatic nitrogens is 4. The fraction of sp³-hybridized carbons (Fsp3) is 0.316. The molecule has 0 unspecified atom stereocenters. The fourth-order valence-corrected chi connectivity index (χ4v) is 2.68. The minimum Gasteiger partial charge on any atom is -0.490 e. The van der Waals surface area contributed by atoms with Gasteiger partial charge in [-0.15, -0.1) is 0 Å². The molecule has 0 saturated carbocycles. The van der Waals surface area contributed by atoms with Crippen molar-refractivity contribution in [1.29, 1.82) is 0 Å². The van der Waals surface area contributed by atoms with Gasteiger partial charge < -0.3 is 14.8 Å². The summed E-state index contributed by atoms with van der Waals surface area (Å²) in [6, 6.07) is 4.03. The van der Waals surface area contributed by atoms with Crippen molar-refractivity contribution in [1.82, 2.24) is 19.6 Å². The number of hydrogen-bond acceptors (Lipinski definition) is 5. The van der Waals surface area contributed by atoms with Crippen molar-refractivity contribution in [3.63, 3.8) is 0 Å². The van der Waals surface area contributed by atoms with E-state index in [-0.39, 0.29) is 23.7 Å². The Balaban J connectivity index is 1.68. The molecule has 0 spiro atoms. The molecule has 1 N–H and O–H groups in total. The first kappa shape index (κ1) is 20.3. The number of nitrogens with one attached hydrogen (secondary N) is 1. The van der Waals surface area contributed by atoms with E-state index in [4.69, 9.17) is 4.74 Å². The highest BCUT2D eigenvalue weighted by molar-refractivity contribution is 6.04. The van der Waals surface area contributed by atoms with Gasteiger partial charge >= 0.3 is 6.61 Å². The molecule has 1 amide bonds. The molecule has 0 atom stereocenters. The number of halogens is 2. The normalized spacial score (nSPS) is 10.9. The number of hydrogen-bond donors (Lipinski definition) is 1. The smallest absolute Gasteiger partial charge is 0.387 e. The minimum atomic E-state index is -2.98. The van der Waals surface area contributed by atoms with Crippen LogP contribution < -0.4 is 14.8 Å². The van der Waals surface area contributed by atoms with Crippen molar-refractivity contribution in [3.8, 4) is 11.5 Å². The first-order chi connectivity index (χ1) is 14.0. The van der Waals surface area contributed by atoms with Gasteiger partial charge in [-0.2, -0.15) is 19.0 Å². The van der Waals surface area contributed by atoms with Gasteiger partial charge in [-0.25, -0.2) is 0 Å². The molecule has 0 bridgehead atoms. The van der Waals surface area contributed by atoms with Crippen LogP contribution in [0.4, 0.5) is 14.5 Å². The molecule has 154 valence electrons. The van der Waals surface area contributed by atoms with E-state index >= 15 is 0 Å². The van der Waals surface area contributed by atoms with Gasteiger partial charge in [0.25, 0.3) is 5.91 Å². The van der Waals surface area contributed by atoms with Gasteiger partial charge in [0.1, 0.15) is 0 Å². The van der Waals surface area contributed by atoms with E-state index in [1.165, 1.54) is 24.4 Å². The summed E-state index contributed by atoms with van der Waals surface area (Å²) in [5, 5.41) is 11.2. The molecule has 2 heterocycles. The highest BCUT2D eigenvalue weighted by Crippen LogP contribution is 2.30. The Morgan fingerprint density at radius 1 is 1.14 bits per heavy atom. The molecule has 0 fully saturated rings. The van der Waals surface area contributed by atoms with Crippen LogP contribution in [0.15, 0.2) is 43.0 Å². The average Bonchev–Trinajstić information content (AvgIpc) is 3.32. The molecule has 0 aliphatic rings. The van der Waals surface area contributed by atoms with Crippen LogP contribution in [0.2, 0.25) is 0 Å². The summed E-state index contributed by atoms with van der Waals surface area (Å²) in [6.45, 7) is 2.27. The summed E-state index contributed by atoms with van der Waals surface area (Å²) in [5.41, 5.74) is 1.74. The maximum Gasteiger partial charge on any atom is 0.387 e. The third-order valence-corrected chi connectivity index (χ3v) is 3.97. The van der Waals surface area contributed by atoms with E-state index < -0.39 is 12.5 Å². The molecule has 1 aromatic carbocycles. The number of rotatable bonds is 9. The van der Waals surface area contributed by atoms with E-state index in [9.17, 15) is 13.6 Å². The maximum absolute atomic E-state index is 12.5. The number of nitrogens with zero attached hydrogens (tertiary/aromatic N) is 4. The van der Waals surface area contributed by atoms with Crippen molar-refractivity contribution >= 4 is 11.6 Å². The zero-order valence-corrected chi connectivity index (χ0v) is 16.0. The molecule has 0 aliphatic heterocycles. The molecular weight excluding hydrogens is 384 g/mol. The number of ether oxygens (including phenoxy) is 2. The molecule has 3 rings (SSSR count). The van der Waals surface area contributed by atoms with Gasteiger partial charge in [0, 0.05) is 30.1 Å². The topological polar surface area (TPSA) is 83.2 Å². The summed E-state index contributed by atoms with van der Waals surface area (Å²) in [6.07, 6.45) is 6.92. The van der Waals surface area contributed by atoms with Crippen LogP contribution in [0.25, 0.3) is 0 Å². The van der Waals surface area contributed by atoms with Gasteiger partial charge in [-0.3, -0.25) is 14.2 Å². The highest BCUT2D eigenvalue weighted by atomic mass is 19.3. The van der Waals surface area contributed by atoms with Crippen LogP contribution in [-0.4, -0.2) is 38.7 Å². The van der Waals surface area contributed by atoms with Crippen LogP contribution in [0.3, 0.4) is 0 Å². The predicted molar refractivity (Wildman–Crippen MR) is 101 cm³/mol. The lowest BCUT2D eigenvalue weighted by Gasteiger charge is -2.12. The van der Waals surface area contributed by atoms with E-state index in [1.807, 2.05) is 17.8 Å². The van der Waals surface area contributed by atoms with Crippen molar-refractivity contribution in [2.75, 3.05) is 11.9 Å². The van der Waals surface area contributed by atoms with E-state index in [0.717, 1.165) is 12.1 Å². The Morgan fingerprint density at radius 2 is 1.93 bits per heavy atom. The molecule has 0 radical (unpaired) electrons. The molecule has 10 heteroatoms. The van der Waals surface area contributed by atoms with Gasteiger partial charge in [0.15, 0.2) is 11.5 Å². The number of benzene rings is 1. The second-order valence-corrected chi connectivity index (χ2v) is 6.06. The Bertz CT molecular complexity index is 970. The summed E-state index contributed by atoms with van der Waals surface area (Å²) in [7, 11) is 0. The monoisotopic (exact) mass is 405 g/mol. The number of anilines is 1. The quantitative estimate of drug-likeness (QED) is 0.590. The Morgan fingerprint density at radius 3 is 2.62 bits per heavy atom. The Hall–Kier alpha value is -3.43. The highest BCUT2D eigenvalue weighted by Gasteiger charge is 2.15. The standard InChI is InChI=1S/C19H21F2N5O3/c1-3-25-10-13(8-22-25)11-26-12-15(9-23-26)24-18(27)14-5-6-16(29-19(20)21)17(7-14)28-4-2/h5-10,12,19H,3-4,11H2,1-2H3,(H,24,27). The van der Waals surface area contributed by atoms with Crippen LogP contribution in [0, 0.1) is 0 Å². The van der Waals surface area contributed by atoms with Crippen LogP contribution in [-0.2, 0) is 13.1 Å². The van der Waals surface area contributed by atoms with Crippen LogP contribution >= 0.6 is 0 Å². The molecule has 0 aliphatic carbocycles. The zero-order chi connectivity index (χ0) is 20.8. The van der Waals surface area contributed by atoms with Crippen molar-refractivity contribution in [2.45, 2.75) is 33.5 Å². The average molecular weight is 405 g/mol. The molecule has 3 aromatic rings. The number of carbonyl (C=O) groups is 1.